The number of nitrogens with zero attached hydrogens (tertiary/aromatic N) is 4. The summed E-state index contributed by atoms with van der Waals surface area (Å²) < 4.78 is 109. The Morgan fingerprint density at radius 2 is 1.46 bits per heavy atom. The Morgan fingerprint density at radius 1 is 0.913 bits per heavy atom. The van der Waals surface area contributed by atoms with Crippen molar-refractivity contribution in [2.75, 3.05) is 13.2 Å². The van der Waals surface area contributed by atoms with Crippen LogP contribution in [0.25, 0.3) is 0 Å². The van der Waals surface area contributed by atoms with Gasteiger partial charge < -0.3 is 29.4 Å². The van der Waals surface area contributed by atoms with Crippen LogP contribution in [0.15, 0.2) is 36.9 Å². The molecule has 2 saturated heterocycles. The van der Waals surface area contributed by atoms with Crippen molar-refractivity contribution < 1.29 is 78.7 Å². The second-order valence-electron chi connectivity index (χ2n) is 9.44. The molecule has 4 rings (SSSR count). The van der Waals surface area contributed by atoms with E-state index in [2.05, 4.69) is 26.5 Å². The van der Waals surface area contributed by atoms with Crippen LogP contribution in [0, 0.1) is 0 Å². The first-order chi connectivity index (χ1) is 21.1. The number of pyridine rings is 1. The minimum atomic E-state index is -5.08. The van der Waals surface area contributed by atoms with Crippen LogP contribution in [-0.4, -0.2) is 103 Å². The molecule has 46 heavy (non-hydrogen) atoms. The minimum Gasteiger partial charge on any atom is -0.475 e. The first-order valence-electron chi connectivity index (χ1n) is 12.9. The fourth-order valence-corrected chi connectivity index (χ4v) is 3.93. The van der Waals surface area contributed by atoms with E-state index in [1.165, 1.54) is 6.42 Å². The largest absolute Gasteiger partial charge is 0.490 e. The molecule has 0 unspecified atom stereocenters. The van der Waals surface area contributed by atoms with Gasteiger partial charge in [-0.2, -0.15) is 39.5 Å². The number of aromatic nitrogens is 3. The number of ether oxygens (including phenoxy) is 2. The van der Waals surface area contributed by atoms with Crippen LogP contribution in [-0.2, 0) is 44.1 Å². The van der Waals surface area contributed by atoms with Gasteiger partial charge in [-0.1, -0.05) is 6.07 Å². The molecule has 3 N–H and O–H groups in total. The van der Waals surface area contributed by atoms with E-state index in [1.807, 2.05) is 30.7 Å². The third-order valence-electron chi connectivity index (χ3n) is 6.04. The first kappa shape index (κ1) is 40.0. The van der Waals surface area contributed by atoms with Crippen LogP contribution in [0.3, 0.4) is 0 Å². The van der Waals surface area contributed by atoms with Crippen LogP contribution in [0.4, 0.5) is 39.5 Å². The highest BCUT2D eigenvalue weighted by molar-refractivity contribution is 5.73. The molecule has 0 aromatic carbocycles. The lowest BCUT2D eigenvalue weighted by atomic mass is 9.99. The van der Waals surface area contributed by atoms with E-state index in [0.29, 0.717) is 25.4 Å². The van der Waals surface area contributed by atoms with Crippen LogP contribution >= 0.6 is 0 Å². The number of likely N-dealkylation sites (tertiary alicyclic amines) is 1. The molecule has 0 saturated carbocycles. The lowest BCUT2D eigenvalue weighted by Crippen LogP contribution is -2.43. The molecular formula is C25H29F9N4O8. The number of carbonyl (C=O) groups is 3. The van der Waals surface area contributed by atoms with Crippen LogP contribution in [0.1, 0.15) is 30.7 Å². The smallest absolute Gasteiger partial charge is 0.475 e. The first-order valence-corrected chi connectivity index (χ1v) is 12.9. The molecule has 260 valence electrons. The van der Waals surface area contributed by atoms with E-state index >= 15 is 0 Å². The maximum absolute atomic E-state index is 10.6. The number of imidazole rings is 1. The molecule has 2 aliphatic rings. The lowest BCUT2D eigenvalue weighted by molar-refractivity contribution is -0.193. The van der Waals surface area contributed by atoms with Gasteiger partial charge in [0.15, 0.2) is 0 Å². The van der Waals surface area contributed by atoms with Gasteiger partial charge in [-0.25, -0.2) is 19.4 Å². The molecule has 0 radical (unpaired) electrons. The second kappa shape index (κ2) is 17.6. The van der Waals surface area contributed by atoms with Crippen molar-refractivity contribution >= 4 is 17.9 Å². The lowest BCUT2D eigenvalue weighted by Gasteiger charge is -2.35. The molecule has 0 amide bonds. The van der Waals surface area contributed by atoms with Crippen LogP contribution < -0.4 is 0 Å². The third-order valence-corrected chi connectivity index (χ3v) is 6.04. The van der Waals surface area contributed by atoms with Crippen molar-refractivity contribution in [3.05, 3.63) is 48.3 Å². The van der Waals surface area contributed by atoms with Gasteiger partial charge in [0.05, 0.1) is 32.0 Å². The Morgan fingerprint density at radius 3 is 1.89 bits per heavy atom. The highest BCUT2D eigenvalue weighted by Crippen LogP contribution is 2.32. The summed E-state index contributed by atoms with van der Waals surface area (Å²) >= 11 is 0. The Labute approximate surface area is 254 Å². The van der Waals surface area contributed by atoms with E-state index in [1.54, 1.807) is 6.20 Å². The van der Waals surface area contributed by atoms with Crippen LogP contribution in [0.5, 0.6) is 0 Å². The summed E-state index contributed by atoms with van der Waals surface area (Å²) in [6, 6.07) is 4.50. The summed E-state index contributed by atoms with van der Waals surface area (Å²) in [4.78, 5) is 37.8. The van der Waals surface area contributed by atoms with Gasteiger partial charge in [0.25, 0.3) is 0 Å². The van der Waals surface area contributed by atoms with E-state index in [9.17, 15) is 39.5 Å². The SMILES string of the molecule is Cn1ccnc1CN1CC[C@@H]2O[C@H](COCc3cccnc3)CC[C@@H]21.O=C(O)C(F)(F)F.O=C(O)C(F)(F)F.O=C(O)C(F)(F)F. The van der Waals surface area contributed by atoms with Gasteiger partial charge in [-0.05, 0) is 30.9 Å². The second-order valence-corrected chi connectivity index (χ2v) is 9.44. The van der Waals surface area contributed by atoms with E-state index < -0.39 is 36.4 Å². The van der Waals surface area contributed by atoms with Gasteiger partial charge in [0, 0.05) is 44.4 Å². The maximum Gasteiger partial charge on any atom is 0.490 e. The number of carboxylic acid groups (broad SMARTS) is 3. The molecule has 3 atom stereocenters. The standard InChI is InChI=1S/C19H26N4O2.3C2HF3O2/c1-22-10-8-21-19(22)12-23-9-6-18-17(23)5-4-16(25-18)14-24-13-15-3-2-7-20-11-15;3*3-2(4,5)1(6)7/h2-3,7-8,10-11,16-18H,4-6,9,12-14H2,1H3;3*(H,6,7)/t16-,17-,18-;;;/m0.../s1. The molecule has 21 heteroatoms. The fraction of sp³-hybridized carbons (Fsp3) is 0.560. The predicted octanol–water partition coefficient (Wildman–Crippen LogP) is 4.05. The number of carboxylic acids is 3. The Balaban J connectivity index is 0.000000413. The zero-order valence-electron chi connectivity index (χ0n) is 23.7. The van der Waals surface area contributed by atoms with Gasteiger partial charge >= 0.3 is 36.4 Å². The van der Waals surface area contributed by atoms with Crippen molar-refractivity contribution in [1.29, 1.82) is 0 Å². The molecule has 2 aromatic rings. The predicted molar refractivity (Wildman–Crippen MR) is 135 cm³/mol. The topological polar surface area (TPSA) is 164 Å². The third kappa shape index (κ3) is 14.9. The van der Waals surface area contributed by atoms with Crippen molar-refractivity contribution in [2.24, 2.45) is 7.05 Å². The quantitative estimate of drug-likeness (QED) is 0.376. The molecular weight excluding hydrogens is 655 g/mol. The Hall–Kier alpha value is -3.98. The molecule has 4 heterocycles. The van der Waals surface area contributed by atoms with Crippen molar-refractivity contribution in [3.8, 4) is 0 Å². The summed E-state index contributed by atoms with van der Waals surface area (Å²) in [6.45, 7) is 3.27. The summed E-state index contributed by atoms with van der Waals surface area (Å²) in [6.07, 6.45) is -3.84. The monoisotopic (exact) mass is 684 g/mol. The number of rotatable bonds is 6. The fourth-order valence-electron chi connectivity index (χ4n) is 3.93. The number of halogens is 9. The highest BCUT2D eigenvalue weighted by Gasteiger charge is 2.41. The molecule has 0 aliphatic carbocycles. The number of alkyl halides is 9. The summed E-state index contributed by atoms with van der Waals surface area (Å²) in [5.74, 6) is -7.14. The zero-order chi connectivity index (χ0) is 35.3. The molecule has 2 aliphatic heterocycles. The molecule has 2 fully saturated rings. The zero-order valence-corrected chi connectivity index (χ0v) is 23.7. The van der Waals surface area contributed by atoms with Crippen molar-refractivity contribution in [2.45, 2.75) is 69.2 Å². The number of hydrogen-bond acceptors (Lipinski definition) is 8. The summed E-state index contributed by atoms with van der Waals surface area (Å²) in [5.41, 5.74) is 1.11. The molecule has 0 bridgehead atoms. The molecule has 0 spiro atoms. The van der Waals surface area contributed by atoms with Gasteiger partial charge in [-0.3, -0.25) is 9.88 Å². The molecule has 12 nitrogen and oxygen atoms in total. The number of aryl methyl sites for hydroxylation is 1. The normalized spacial score (nSPS) is 19.7. The average molecular weight is 685 g/mol. The van der Waals surface area contributed by atoms with Crippen molar-refractivity contribution in [3.63, 3.8) is 0 Å². The number of fused-ring (bicyclic) bond motifs is 1. The number of hydrogen-bond donors (Lipinski definition) is 3. The Kier molecular flexibility index (Phi) is 15.4. The number of aliphatic carboxylic acids is 3. The summed E-state index contributed by atoms with van der Waals surface area (Å²) in [7, 11) is 2.06. The maximum atomic E-state index is 10.6. The van der Waals surface area contributed by atoms with Gasteiger partial charge in [0.1, 0.15) is 5.82 Å². The minimum absolute atomic E-state index is 0.214. The van der Waals surface area contributed by atoms with E-state index in [0.717, 1.165) is 37.3 Å². The summed E-state index contributed by atoms with van der Waals surface area (Å²) in [5, 5.41) is 21.4. The van der Waals surface area contributed by atoms with Crippen molar-refractivity contribution in [1.82, 2.24) is 19.4 Å². The highest BCUT2D eigenvalue weighted by atomic mass is 19.4. The Bertz CT molecular complexity index is 1180. The average Bonchev–Trinajstić information content (AvgIpc) is 3.54. The van der Waals surface area contributed by atoms with Crippen LogP contribution in [0.2, 0.25) is 0 Å². The molecule has 2 aromatic heterocycles. The van der Waals surface area contributed by atoms with Gasteiger partial charge in [-0.15, -0.1) is 0 Å². The van der Waals surface area contributed by atoms with E-state index in [4.69, 9.17) is 39.2 Å². The van der Waals surface area contributed by atoms with Gasteiger partial charge in [0.2, 0.25) is 0 Å². The van der Waals surface area contributed by atoms with E-state index in [-0.39, 0.29) is 6.10 Å².